The van der Waals surface area contributed by atoms with E-state index in [-0.39, 0.29) is 11.8 Å². The molecular formula is C22H29N3O4S. The molecule has 0 saturated carbocycles. The van der Waals surface area contributed by atoms with Crippen LogP contribution in [0.5, 0.6) is 0 Å². The number of nitrogens with zero attached hydrogens (tertiary/aromatic N) is 2. The molecule has 0 radical (unpaired) electrons. The van der Waals surface area contributed by atoms with E-state index >= 15 is 0 Å². The Hall–Kier alpha value is -2.32. The fraction of sp³-hybridized carbons (Fsp3) is 0.500. The normalized spacial score (nSPS) is 21.7. The fourth-order valence-corrected chi connectivity index (χ4v) is 5.07. The van der Waals surface area contributed by atoms with Gasteiger partial charge in [-0.15, -0.1) is 0 Å². The molecule has 0 bridgehead atoms. The highest BCUT2D eigenvalue weighted by Gasteiger charge is 2.30. The summed E-state index contributed by atoms with van der Waals surface area (Å²) in [5, 5.41) is 0. The number of rotatable bonds is 6. The minimum absolute atomic E-state index is 0.0389. The standard InChI is InChI=1S/C22H29N3O4S/c1-16-12-18-7-3-4-8-20(18)25(16)15-21-19(9-11-29-21)22(26)24-10-5-6-17(14-24)13-23-30(2,27)28/h3-4,7-9,11,16-17,23H,5-6,10,12-15H2,1-2H3. The number of amides is 1. The maximum Gasteiger partial charge on any atom is 0.257 e. The Morgan fingerprint density at radius 3 is 2.87 bits per heavy atom. The van der Waals surface area contributed by atoms with Gasteiger partial charge < -0.3 is 14.2 Å². The van der Waals surface area contributed by atoms with E-state index in [1.807, 2.05) is 11.0 Å². The minimum Gasteiger partial charge on any atom is -0.467 e. The molecule has 8 heteroatoms. The lowest BCUT2D eigenvalue weighted by atomic mass is 9.97. The van der Waals surface area contributed by atoms with E-state index in [0.29, 0.717) is 43.5 Å². The Bertz CT molecular complexity index is 1020. The number of piperidine rings is 1. The van der Waals surface area contributed by atoms with E-state index in [0.717, 1.165) is 25.5 Å². The zero-order chi connectivity index (χ0) is 21.3. The first kappa shape index (κ1) is 20.9. The predicted octanol–water partition coefficient (Wildman–Crippen LogP) is 2.63. The molecule has 2 atom stereocenters. The summed E-state index contributed by atoms with van der Waals surface area (Å²) in [7, 11) is -3.23. The number of fused-ring (bicyclic) bond motifs is 1. The van der Waals surface area contributed by atoms with Gasteiger partial charge in [0.1, 0.15) is 5.76 Å². The lowest BCUT2D eigenvalue weighted by Gasteiger charge is -2.33. The van der Waals surface area contributed by atoms with Crippen LogP contribution in [0.4, 0.5) is 5.69 Å². The zero-order valence-electron chi connectivity index (χ0n) is 17.5. The molecule has 3 heterocycles. The van der Waals surface area contributed by atoms with Crippen LogP contribution in [0.15, 0.2) is 41.0 Å². The van der Waals surface area contributed by atoms with Gasteiger partial charge in [-0.25, -0.2) is 13.1 Å². The third kappa shape index (κ3) is 4.54. The van der Waals surface area contributed by atoms with Gasteiger partial charge >= 0.3 is 0 Å². The monoisotopic (exact) mass is 431 g/mol. The van der Waals surface area contributed by atoms with Gasteiger partial charge in [0.15, 0.2) is 0 Å². The number of anilines is 1. The molecule has 1 fully saturated rings. The first-order valence-electron chi connectivity index (χ1n) is 10.5. The maximum atomic E-state index is 13.2. The molecule has 1 N–H and O–H groups in total. The van der Waals surface area contributed by atoms with Crippen LogP contribution >= 0.6 is 0 Å². The molecule has 1 aromatic heterocycles. The second kappa shape index (κ2) is 8.43. The number of sulfonamides is 1. The van der Waals surface area contributed by atoms with E-state index in [1.165, 1.54) is 11.3 Å². The van der Waals surface area contributed by atoms with E-state index in [2.05, 4.69) is 34.7 Å². The molecular weight excluding hydrogens is 402 g/mol. The molecule has 162 valence electrons. The Kier molecular flexibility index (Phi) is 5.88. The second-order valence-electron chi connectivity index (χ2n) is 8.45. The van der Waals surface area contributed by atoms with Crippen molar-refractivity contribution in [3.63, 3.8) is 0 Å². The molecule has 7 nitrogen and oxygen atoms in total. The Morgan fingerprint density at radius 1 is 1.27 bits per heavy atom. The van der Waals surface area contributed by atoms with E-state index in [1.54, 1.807) is 12.3 Å². The van der Waals surface area contributed by atoms with Gasteiger partial charge in [0.05, 0.1) is 24.6 Å². The molecule has 2 aromatic rings. The van der Waals surface area contributed by atoms with Crippen molar-refractivity contribution in [2.45, 2.75) is 38.8 Å². The van der Waals surface area contributed by atoms with Gasteiger partial charge in [0, 0.05) is 31.4 Å². The van der Waals surface area contributed by atoms with Crippen LogP contribution in [-0.4, -0.2) is 51.2 Å². The first-order chi connectivity index (χ1) is 14.3. The van der Waals surface area contributed by atoms with Gasteiger partial charge in [-0.05, 0) is 49.8 Å². The number of likely N-dealkylation sites (tertiary alicyclic amines) is 1. The summed E-state index contributed by atoms with van der Waals surface area (Å²) < 4.78 is 31.1. The van der Waals surface area contributed by atoms with Crippen molar-refractivity contribution in [3.05, 3.63) is 53.5 Å². The molecule has 30 heavy (non-hydrogen) atoms. The van der Waals surface area contributed by atoms with Crippen molar-refractivity contribution in [1.82, 2.24) is 9.62 Å². The van der Waals surface area contributed by atoms with Gasteiger partial charge in [0.25, 0.3) is 5.91 Å². The van der Waals surface area contributed by atoms with E-state index in [4.69, 9.17) is 4.42 Å². The number of hydrogen-bond acceptors (Lipinski definition) is 5. The van der Waals surface area contributed by atoms with Crippen LogP contribution in [0.2, 0.25) is 0 Å². The van der Waals surface area contributed by atoms with E-state index < -0.39 is 10.0 Å². The number of nitrogens with one attached hydrogen (secondary N) is 1. The van der Waals surface area contributed by atoms with Crippen molar-refractivity contribution < 1.29 is 17.6 Å². The fourth-order valence-electron chi connectivity index (χ4n) is 4.53. The summed E-state index contributed by atoms with van der Waals surface area (Å²) in [6, 6.07) is 10.5. The average Bonchev–Trinajstić information content (AvgIpc) is 3.30. The van der Waals surface area contributed by atoms with Crippen molar-refractivity contribution in [1.29, 1.82) is 0 Å². The Morgan fingerprint density at radius 2 is 2.07 bits per heavy atom. The van der Waals surface area contributed by atoms with E-state index in [9.17, 15) is 13.2 Å². The summed E-state index contributed by atoms with van der Waals surface area (Å²) in [6.07, 6.45) is 5.51. The summed E-state index contributed by atoms with van der Waals surface area (Å²) in [5.74, 6) is 0.765. The number of furan rings is 1. The second-order valence-corrected chi connectivity index (χ2v) is 10.3. The van der Waals surface area contributed by atoms with Crippen LogP contribution in [-0.2, 0) is 23.0 Å². The first-order valence-corrected chi connectivity index (χ1v) is 12.4. The lowest BCUT2D eigenvalue weighted by molar-refractivity contribution is 0.0674. The van der Waals surface area contributed by atoms with Gasteiger partial charge in [-0.3, -0.25) is 4.79 Å². The molecule has 2 aliphatic heterocycles. The number of carbonyl (C=O) groups excluding carboxylic acids is 1. The molecule has 1 aromatic carbocycles. The number of benzene rings is 1. The third-order valence-electron chi connectivity index (χ3n) is 6.08. The highest BCUT2D eigenvalue weighted by atomic mass is 32.2. The van der Waals surface area contributed by atoms with Crippen LogP contribution in [0.3, 0.4) is 0 Å². The Balaban J connectivity index is 1.46. The van der Waals surface area contributed by atoms with Crippen molar-refractivity contribution in [2.24, 2.45) is 5.92 Å². The van der Waals surface area contributed by atoms with Crippen LogP contribution in [0.1, 0.15) is 41.4 Å². The number of carbonyl (C=O) groups is 1. The summed E-state index contributed by atoms with van der Waals surface area (Å²) in [4.78, 5) is 17.4. The third-order valence-corrected chi connectivity index (χ3v) is 6.77. The van der Waals surface area contributed by atoms with Crippen molar-refractivity contribution in [2.75, 3.05) is 30.8 Å². The van der Waals surface area contributed by atoms with Crippen molar-refractivity contribution >= 4 is 21.6 Å². The van der Waals surface area contributed by atoms with Crippen molar-refractivity contribution in [3.8, 4) is 0 Å². The molecule has 2 aliphatic rings. The Labute approximate surface area is 178 Å². The summed E-state index contributed by atoms with van der Waals surface area (Å²) in [6.45, 7) is 4.34. The molecule has 1 amide bonds. The molecule has 0 aliphatic carbocycles. The number of para-hydroxylation sites is 1. The quantitative estimate of drug-likeness (QED) is 0.760. The van der Waals surface area contributed by atoms with Gasteiger partial charge in [-0.1, -0.05) is 18.2 Å². The zero-order valence-corrected chi connectivity index (χ0v) is 18.3. The number of hydrogen-bond donors (Lipinski definition) is 1. The van der Waals surface area contributed by atoms with Crippen LogP contribution in [0, 0.1) is 5.92 Å². The molecule has 4 rings (SSSR count). The van der Waals surface area contributed by atoms with Gasteiger partial charge in [-0.2, -0.15) is 0 Å². The smallest absolute Gasteiger partial charge is 0.257 e. The highest BCUT2D eigenvalue weighted by molar-refractivity contribution is 7.88. The highest BCUT2D eigenvalue weighted by Crippen LogP contribution is 2.34. The summed E-state index contributed by atoms with van der Waals surface area (Å²) in [5.41, 5.74) is 3.12. The minimum atomic E-state index is -3.23. The average molecular weight is 432 g/mol. The SMILES string of the molecule is CC1Cc2ccccc2N1Cc1occc1C(=O)N1CCCC(CNS(C)(=O)=O)C1. The predicted molar refractivity (Wildman–Crippen MR) is 116 cm³/mol. The molecule has 1 saturated heterocycles. The maximum absolute atomic E-state index is 13.2. The molecule has 0 spiro atoms. The topological polar surface area (TPSA) is 82.9 Å². The largest absolute Gasteiger partial charge is 0.467 e. The summed E-state index contributed by atoms with van der Waals surface area (Å²) >= 11 is 0. The van der Waals surface area contributed by atoms with Crippen LogP contribution < -0.4 is 9.62 Å². The van der Waals surface area contributed by atoms with Gasteiger partial charge in [0.2, 0.25) is 10.0 Å². The lowest BCUT2D eigenvalue weighted by Crippen LogP contribution is -2.43. The van der Waals surface area contributed by atoms with Crippen LogP contribution in [0.25, 0.3) is 0 Å². The molecule has 2 unspecified atom stereocenters.